The Hall–Kier alpha value is -1.39. The van der Waals surface area contributed by atoms with E-state index in [0.29, 0.717) is 12.5 Å². The summed E-state index contributed by atoms with van der Waals surface area (Å²) in [5, 5.41) is 12.5. The van der Waals surface area contributed by atoms with E-state index in [1.807, 2.05) is 32.0 Å². The Kier molecular flexibility index (Phi) is 5.37. The summed E-state index contributed by atoms with van der Waals surface area (Å²) < 4.78 is 0. The number of rotatable bonds is 4. The van der Waals surface area contributed by atoms with Crippen LogP contribution in [0, 0.1) is 19.8 Å². The molecule has 116 valence electrons. The Balaban J connectivity index is 1.99. The van der Waals surface area contributed by atoms with Crippen molar-refractivity contribution in [2.75, 3.05) is 25.0 Å². The lowest BCUT2D eigenvalue weighted by molar-refractivity contribution is -0.118. The number of carbonyl (C=O) groups excluding carboxylic acids is 1. The number of likely N-dealkylation sites (tertiary alicyclic amines) is 1. The lowest BCUT2D eigenvalue weighted by atomic mass is 9.91. The van der Waals surface area contributed by atoms with Crippen LogP contribution >= 0.6 is 0 Å². The summed E-state index contributed by atoms with van der Waals surface area (Å²) in [6.45, 7) is 7.57. The van der Waals surface area contributed by atoms with E-state index >= 15 is 0 Å². The maximum absolute atomic E-state index is 12.3. The third-order valence-electron chi connectivity index (χ3n) is 4.64. The fourth-order valence-corrected chi connectivity index (χ4v) is 3.09. The Morgan fingerprint density at radius 1 is 1.43 bits per heavy atom. The molecule has 0 aromatic heterocycles. The summed E-state index contributed by atoms with van der Waals surface area (Å²) in [5.74, 6) is 0.438. The largest absolute Gasteiger partial charge is 0.395 e. The maximum atomic E-state index is 12.3. The number of nitrogens with zero attached hydrogens (tertiary/aromatic N) is 1. The fraction of sp³-hybridized carbons (Fsp3) is 0.588. The molecule has 4 heteroatoms. The molecule has 2 atom stereocenters. The lowest BCUT2D eigenvalue weighted by Crippen LogP contribution is -2.49. The second-order valence-electron chi connectivity index (χ2n) is 6.14. The summed E-state index contributed by atoms with van der Waals surface area (Å²) in [6, 6.07) is 6.03. The Labute approximate surface area is 127 Å². The molecule has 1 aliphatic heterocycles. The van der Waals surface area contributed by atoms with Crippen molar-refractivity contribution in [3.05, 3.63) is 29.3 Å². The molecule has 1 aromatic rings. The van der Waals surface area contributed by atoms with E-state index in [9.17, 15) is 9.90 Å². The molecule has 4 nitrogen and oxygen atoms in total. The normalized spacial score (nSPS) is 23.0. The number of anilines is 1. The topological polar surface area (TPSA) is 52.6 Å². The van der Waals surface area contributed by atoms with Gasteiger partial charge in [-0.3, -0.25) is 9.69 Å². The summed E-state index contributed by atoms with van der Waals surface area (Å²) in [6.07, 6.45) is 2.22. The minimum absolute atomic E-state index is 0.00347. The molecule has 1 fully saturated rings. The zero-order valence-corrected chi connectivity index (χ0v) is 13.2. The van der Waals surface area contributed by atoms with Gasteiger partial charge in [-0.1, -0.05) is 19.1 Å². The van der Waals surface area contributed by atoms with Crippen LogP contribution in [0.5, 0.6) is 0 Å². The van der Waals surface area contributed by atoms with E-state index < -0.39 is 0 Å². The Morgan fingerprint density at radius 2 is 2.19 bits per heavy atom. The van der Waals surface area contributed by atoms with Gasteiger partial charge in [-0.2, -0.15) is 0 Å². The molecule has 0 bridgehead atoms. The minimum atomic E-state index is -0.00347. The average molecular weight is 290 g/mol. The highest BCUT2D eigenvalue weighted by Crippen LogP contribution is 2.23. The van der Waals surface area contributed by atoms with E-state index in [1.165, 1.54) is 5.56 Å². The predicted molar refractivity (Wildman–Crippen MR) is 85.4 cm³/mol. The third-order valence-corrected chi connectivity index (χ3v) is 4.64. The summed E-state index contributed by atoms with van der Waals surface area (Å²) in [5.41, 5.74) is 3.16. The van der Waals surface area contributed by atoms with Crippen LogP contribution in [0.3, 0.4) is 0 Å². The van der Waals surface area contributed by atoms with Gasteiger partial charge in [0, 0.05) is 11.7 Å². The molecule has 0 spiro atoms. The van der Waals surface area contributed by atoms with Crippen LogP contribution in [0.15, 0.2) is 18.2 Å². The van der Waals surface area contributed by atoms with Gasteiger partial charge in [0.05, 0.1) is 13.2 Å². The minimum Gasteiger partial charge on any atom is -0.395 e. The Morgan fingerprint density at radius 3 is 2.90 bits per heavy atom. The van der Waals surface area contributed by atoms with Crippen LogP contribution in [0.4, 0.5) is 5.69 Å². The van der Waals surface area contributed by atoms with Gasteiger partial charge in [0.1, 0.15) is 0 Å². The number of aryl methyl sites for hydroxylation is 1. The van der Waals surface area contributed by atoms with Crippen LogP contribution in [0.2, 0.25) is 0 Å². The van der Waals surface area contributed by atoms with Crippen LogP contribution in [-0.2, 0) is 4.79 Å². The molecule has 0 radical (unpaired) electrons. The van der Waals surface area contributed by atoms with E-state index in [2.05, 4.69) is 17.1 Å². The first-order valence-electron chi connectivity index (χ1n) is 7.74. The zero-order valence-electron chi connectivity index (χ0n) is 13.2. The van der Waals surface area contributed by atoms with Gasteiger partial charge in [-0.05, 0) is 56.3 Å². The van der Waals surface area contributed by atoms with Gasteiger partial charge < -0.3 is 10.4 Å². The van der Waals surface area contributed by atoms with Crippen molar-refractivity contribution in [1.29, 1.82) is 0 Å². The number of amides is 1. The highest BCUT2D eigenvalue weighted by molar-refractivity contribution is 5.93. The zero-order chi connectivity index (χ0) is 15.4. The highest BCUT2D eigenvalue weighted by Gasteiger charge is 2.29. The van der Waals surface area contributed by atoms with Gasteiger partial charge in [-0.25, -0.2) is 0 Å². The Bertz CT molecular complexity index is 502. The van der Waals surface area contributed by atoms with Crippen molar-refractivity contribution in [3.63, 3.8) is 0 Å². The molecule has 1 aliphatic rings. The van der Waals surface area contributed by atoms with Crippen LogP contribution in [-0.4, -0.2) is 41.7 Å². The summed E-state index contributed by atoms with van der Waals surface area (Å²) in [4.78, 5) is 14.4. The van der Waals surface area contributed by atoms with Gasteiger partial charge in [0.25, 0.3) is 0 Å². The molecule has 2 unspecified atom stereocenters. The quantitative estimate of drug-likeness (QED) is 0.895. The molecule has 0 aliphatic carbocycles. The molecule has 21 heavy (non-hydrogen) atoms. The number of aliphatic hydroxyl groups is 1. The molecule has 1 heterocycles. The summed E-state index contributed by atoms with van der Waals surface area (Å²) in [7, 11) is 0. The molecule has 1 saturated heterocycles. The van der Waals surface area contributed by atoms with Gasteiger partial charge in [0.15, 0.2) is 0 Å². The molecule has 1 aromatic carbocycles. The highest BCUT2D eigenvalue weighted by atomic mass is 16.3. The molecule has 2 rings (SSSR count). The van der Waals surface area contributed by atoms with Crippen LogP contribution in [0.25, 0.3) is 0 Å². The first-order chi connectivity index (χ1) is 10.0. The second kappa shape index (κ2) is 7.05. The SMILES string of the molecule is Cc1cccc(NC(=O)CN2CCCC(C)C2CO)c1C. The standard InChI is InChI=1S/C17H26N2O2/c1-12-6-4-8-15(14(12)3)18-17(21)10-19-9-5-7-13(2)16(19)11-20/h4,6,8,13,16,20H,5,7,9-11H2,1-3H3,(H,18,21). The van der Waals surface area contributed by atoms with Crippen molar-refractivity contribution in [2.24, 2.45) is 5.92 Å². The van der Waals surface area contributed by atoms with Crippen molar-refractivity contribution in [3.8, 4) is 0 Å². The third kappa shape index (κ3) is 3.83. The van der Waals surface area contributed by atoms with Crippen molar-refractivity contribution in [1.82, 2.24) is 4.90 Å². The number of carbonyl (C=O) groups is 1. The molecule has 0 saturated carbocycles. The number of nitrogens with one attached hydrogen (secondary N) is 1. The lowest BCUT2D eigenvalue weighted by Gasteiger charge is -2.38. The van der Waals surface area contributed by atoms with E-state index in [-0.39, 0.29) is 18.6 Å². The van der Waals surface area contributed by atoms with Crippen LogP contribution in [0.1, 0.15) is 30.9 Å². The molecular weight excluding hydrogens is 264 g/mol. The van der Waals surface area contributed by atoms with E-state index in [4.69, 9.17) is 0 Å². The number of hydrogen-bond donors (Lipinski definition) is 2. The van der Waals surface area contributed by atoms with Gasteiger partial charge in [-0.15, -0.1) is 0 Å². The number of aliphatic hydroxyl groups excluding tert-OH is 1. The van der Waals surface area contributed by atoms with Crippen molar-refractivity contribution < 1.29 is 9.90 Å². The average Bonchev–Trinajstić information content (AvgIpc) is 2.44. The summed E-state index contributed by atoms with van der Waals surface area (Å²) >= 11 is 0. The smallest absolute Gasteiger partial charge is 0.238 e. The molecule has 2 N–H and O–H groups in total. The first kappa shape index (κ1) is 16.0. The van der Waals surface area contributed by atoms with Crippen molar-refractivity contribution >= 4 is 11.6 Å². The number of benzene rings is 1. The maximum Gasteiger partial charge on any atom is 0.238 e. The molecule has 1 amide bonds. The van der Waals surface area contributed by atoms with Gasteiger partial charge in [0.2, 0.25) is 5.91 Å². The van der Waals surface area contributed by atoms with E-state index in [0.717, 1.165) is 30.6 Å². The van der Waals surface area contributed by atoms with E-state index in [1.54, 1.807) is 0 Å². The van der Waals surface area contributed by atoms with Crippen LogP contribution < -0.4 is 5.32 Å². The number of piperidine rings is 1. The monoisotopic (exact) mass is 290 g/mol. The van der Waals surface area contributed by atoms with Crippen molar-refractivity contribution in [2.45, 2.75) is 39.7 Å². The predicted octanol–water partition coefficient (Wildman–Crippen LogP) is 2.33. The van der Waals surface area contributed by atoms with Gasteiger partial charge >= 0.3 is 0 Å². The fourth-order valence-electron chi connectivity index (χ4n) is 3.09. The first-order valence-corrected chi connectivity index (χ1v) is 7.74. The second-order valence-corrected chi connectivity index (χ2v) is 6.14. The number of hydrogen-bond acceptors (Lipinski definition) is 3. The molecular formula is C17H26N2O2.